The maximum atomic E-state index is 13.3. The molecular formula is C39H53N7O12S2. The summed E-state index contributed by atoms with van der Waals surface area (Å²) < 4.78 is 61.3. The number of aromatic nitrogens is 2. The van der Waals surface area contributed by atoms with E-state index in [2.05, 4.69) is 19.4 Å². The van der Waals surface area contributed by atoms with Gasteiger partial charge in [0.1, 0.15) is 13.2 Å². The van der Waals surface area contributed by atoms with E-state index in [0.717, 1.165) is 36.2 Å². The summed E-state index contributed by atoms with van der Waals surface area (Å²) >= 11 is 0.932. The van der Waals surface area contributed by atoms with E-state index in [1.807, 2.05) is 42.2 Å². The summed E-state index contributed by atoms with van der Waals surface area (Å²) in [5, 5.41) is 11.1. The first-order valence-electron chi connectivity index (χ1n) is 19.3. The van der Waals surface area contributed by atoms with Crippen LogP contribution in [-0.2, 0) is 49.8 Å². The van der Waals surface area contributed by atoms with Crippen LogP contribution in [0.1, 0.15) is 68.9 Å². The Kier molecular flexibility index (Phi) is 17.6. The number of morpholine rings is 1. The molecule has 3 aromatic rings. The second-order valence-corrected chi connectivity index (χ2v) is 16.8. The maximum Gasteiger partial charge on any atom is 0.408 e. The molecule has 4 rings (SSSR count). The molecule has 1 fully saturated rings. The van der Waals surface area contributed by atoms with E-state index >= 15 is 0 Å². The minimum absolute atomic E-state index is 0.0661. The highest BCUT2D eigenvalue weighted by molar-refractivity contribution is 7.89. The van der Waals surface area contributed by atoms with Crippen LogP contribution in [-0.4, -0.2) is 129 Å². The lowest BCUT2D eigenvalue weighted by molar-refractivity contribution is -0.158. The van der Waals surface area contributed by atoms with Gasteiger partial charge in [-0.2, -0.15) is 4.37 Å². The average molecular weight is 876 g/mol. The number of sulfonamides is 1. The van der Waals surface area contributed by atoms with Gasteiger partial charge in [-0.3, -0.25) is 19.2 Å². The number of anilines is 2. The third-order valence-corrected chi connectivity index (χ3v) is 10.5. The second kappa shape index (κ2) is 22.3. The maximum absolute atomic E-state index is 13.3. The Balaban J connectivity index is 1.44. The molecule has 1 saturated heterocycles. The lowest BCUT2D eigenvalue weighted by atomic mass is 9.99. The molecule has 0 saturated carbocycles. The van der Waals surface area contributed by atoms with Crippen LogP contribution in [0.15, 0.2) is 47.4 Å². The van der Waals surface area contributed by atoms with Gasteiger partial charge in [0.05, 0.1) is 36.4 Å². The lowest BCUT2D eigenvalue weighted by Gasteiger charge is -2.37. The highest BCUT2D eigenvalue weighted by Gasteiger charge is 2.32. The molecule has 0 spiro atoms. The average Bonchev–Trinajstić information content (AvgIpc) is 3.68. The van der Waals surface area contributed by atoms with Crippen molar-refractivity contribution in [2.75, 3.05) is 76.0 Å². The largest absolute Gasteiger partial charge is 0.470 e. The Morgan fingerprint density at radius 3 is 2.40 bits per heavy atom. The molecule has 1 aliphatic rings. The molecule has 0 unspecified atom stereocenters. The van der Waals surface area contributed by atoms with Gasteiger partial charge >= 0.3 is 18.0 Å². The minimum Gasteiger partial charge on any atom is -0.470 e. The predicted octanol–water partition coefficient (Wildman–Crippen LogP) is 2.91. The highest BCUT2D eigenvalue weighted by Crippen LogP contribution is 2.30. The summed E-state index contributed by atoms with van der Waals surface area (Å²) in [6, 6.07) is 11.8. The molecule has 2 aromatic carbocycles. The number of rotatable bonds is 21. The zero-order chi connectivity index (χ0) is 43.9. The molecule has 0 bridgehead atoms. The van der Waals surface area contributed by atoms with Crippen LogP contribution < -0.4 is 25.4 Å². The fourth-order valence-electron chi connectivity index (χ4n) is 5.96. The zero-order valence-electron chi connectivity index (χ0n) is 34.4. The summed E-state index contributed by atoms with van der Waals surface area (Å²) in [5.74, 6) is -2.20. The van der Waals surface area contributed by atoms with Crippen LogP contribution >= 0.6 is 11.7 Å². The summed E-state index contributed by atoms with van der Waals surface area (Å²) in [6.45, 7) is 8.50. The first-order valence-corrected chi connectivity index (χ1v) is 21.6. The molecule has 19 nitrogen and oxygen atoms in total. The molecule has 2 amide bonds. The number of unbranched alkanes of at least 4 members (excludes halogenated alkanes) is 1. The van der Waals surface area contributed by atoms with Crippen LogP contribution in [0.4, 0.5) is 16.3 Å². The zero-order valence-corrected chi connectivity index (χ0v) is 36.0. The SMILES string of the molecule is CCCCNc1cc(C(=O)COC(=O)NCC(=O)O[C@H](COc2nsnc2N2CCOCC2)CN(C(=O)COC(C)=O)C(C)(C)C)cc(S(N)(=O)=O)c1Cc1ccccc1. The van der Waals surface area contributed by atoms with Gasteiger partial charge in [0.25, 0.3) is 11.8 Å². The first-order chi connectivity index (χ1) is 28.5. The number of carbonyl (C=O) groups excluding carboxylic acids is 5. The quantitative estimate of drug-likeness (QED) is 0.0603. The number of ketones is 1. The molecule has 328 valence electrons. The van der Waals surface area contributed by atoms with Gasteiger partial charge in [-0.1, -0.05) is 43.7 Å². The van der Waals surface area contributed by atoms with Crippen molar-refractivity contribution < 1.29 is 56.1 Å². The Bertz CT molecular complexity index is 2050. The molecule has 1 aromatic heterocycles. The molecule has 0 aliphatic carbocycles. The monoisotopic (exact) mass is 875 g/mol. The fraction of sp³-hybridized carbons (Fsp3) is 0.513. The topological polar surface area (TPSA) is 248 Å². The van der Waals surface area contributed by atoms with Crippen molar-refractivity contribution in [3.8, 4) is 5.88 Å². The Hall–Kier alpha value is -5.38. The number of esters is 2. The van der Waals surface area contributed by atoms with E-state index in [4.69, 9.17) is 28.8 Å². The van der Waals surface area contributed by atoms with E-state index < -0.39 is 71.1 Å². The number of Topliss-reactive ketones (excluding diaryl/α,β-unsaturated/α-hetero) is 1. The van der Waals surface area contributed by atoms with Gasteiger partial charge in [-0.15, -0.1) is 4.37 Å². The Labute approximate surface area is 353 Å². The molecule has 4 N–H and O–H groups in total. The summed E-state index contributed by atoms with van der Waals surface area (Å²) in [5.41, 5.74) is 0.725. The van der Waals surface area contributed by atoms with Gasteiger partial charge in [-0.05, 0) is 50.5 Å². The van der Waals surface area contributed by atoms with E-state index in [1.54, 1.807) is 20.8 Å². The van der Waals surface area contributed by atoms with Gasteiger partial charge in [-0.25, -0.2) is 18.4 Å². The molecule has 0 radical (unpaired) electrons. The molecule has 21 heteroatoms. The number of hydrogen-bond acceptors (Lipinski definition) is 17. The number of benzene rings is 2. The van der Waals surface area contributed by atoms with Crippen LogP contribution in [0, 0.1) is 0 Å². The third-order valence-electron chi connectivity index (χ3n) is 8.97. The third kappa shape index (κ3) is 14.7. The van der Waals surface area contributed by atoms with Crippen LogP contribution in [0.2, 0.25) is 0 Å². The van der Waals surface area contributed by atoms with E-state index in [9.17, 15) is 32.4 Å². The van der Waals surface area contributed by atoms with Crippen molar-refractivity contribution in [2.45, 2.75) is 70.4 Å². The van der Waals surface area contributed by atoms with Gasteiger partial charge in [0.15, 0.2) is 19.3 Å². The van der Waals surface area contributed by atoms with E-state index in [0.29, 0.717) is 49.9 Å². The van der Waals surface area contributed by atoms with Crippen LogP contribution in [0.5, 0.6) is 5.88 Å². The van der Waals surface area contributed by atoms with Crippen molar-refractivity contribution in [1.29, 1.82) is 0 Å². The molecule has 1 aliphatic heterocycles. The summed E-state index contributed by atoms with van der Waals surface area (Å²) in [6.07, 6.45) is -0.406. The van der Waals surface area contributed by atoms with E-state index in [-0.39, 0.29) is 35.9 Å². The Morgan fingerprint density at radius 2 is 1.75 bits per heavy atom. The highest BCUT2D eigenvalue weighted by atomic mass is 32.2. The Morgan fingerprint density at radius 1 is 1.03 bits per heavy atom. The van der Waals surface area contributed by atoms with Crippen LogP contribution in [0.3, 0.4) is 0 Å². The second-order valence-electron chi connectivity index (χ2n) is 14.7. The normalized spacial score (nSPS) is 13.5. The molecule has 60 heavy (non-hydrogen) atoms. The van der Waals surface area contributed by atoms with Gasteiger partial charge in [0.2, 0.25) is 21.6 Å². The molecular weight excluding hydrogens is 823 g/mol. The van der Waals surface area contributed by atoms with Crippen molar-refractivity contribution in [2.24, 2.45) is 5.14 Å². The predicted molar refractivity (Wildman–Crippen MR) is 221 cm³/mol. The number of ether oxygens (including phenoxy) is 5. The number of carbonyl (C=O) groups is 5. The minimum atomic E-state index is -4.30. The van der Waals surface area contributed by atoms with Crippen molar-refractivity contribution in [3.63, 3.8) is 0 Å². The first kappa shape index (κ1) is 47.3. The van der Waals surface area contributed by atoms with Crippen molar-refractivity contribution in [1.82, 2.24) is 19.0 Å². The number of primary sulfonamides is 1. The van der Waals surface area contributed by atoms with Crippen molar-refractivity contribution >= 4 is 63.0 Å². The number of nitrogens with one attached hydrogen (secondary N) is 2. The molecule has 2 heterocycles. The van der Waals surface area contributed by atoms with E-state index in [1.165, 1.54) is 17.9 Å². The van der Waals surface area contributed by atoms with Gasteiger partial charge in [0, 0.05) is 49.8 Å². The molecule has 1 atom stereocenters. The number of nitrogens with zero attached hydrogens (tertiary/aromatic N) is 4. The summed E-state index contributed by atoms with van der Waals surface area (Å²) in [4.78, 5) is 66.9. The standard InChI is InChI=1S/C39H53N7O12S2/c1-6-7-13-41-31-19-28(20-33(60(40,52)53)30(31)18-27-11-9-8-10-12-27)32(48)24-57-38(51)42-21-35(50)58-29(22-46(39(3,4)5)34(49)25-55-26(2)47)23-56-37-36(43-59-44-37)45-14-16-54-17-15-45/h8-12,19-20,29,41H,6-7,13-18,21-25H2,1-5H3,(H,42,51)(H2,40,52,53)/t29-/m0/s1. The summed E-state index contributed by atoms with van der Waals surface area (Å²) in [7, 11) is -4.30. The number of nitrogens with two attached hydrogens (primary N) is 1. The fourth-order valence-corrected chi connectivity index (χ4v) is 7.30. The van der Waals surface area contributed by atoms with Crippen LogP contribution in [0.25, 0.3) is 0 Å². The smallest absolute Gasteiger partial charge is 0.408 e. The van der Waals surface area contributed by atoms with Gasteiger partial charge < -0.3 is 44.1 Å². The number of hydrogen-bond donors (Lipinski definition) is 3. The number of alkyl carbamates (subject to hydrolysis) is 1. The van der Waals surface area contributed by atoms with Crippen molar-refractivity contribution in [3.05, 3.63) is 59.2 Å². The lowest BCUT2D eigenvalue weighted by Crippen LogP contribution is -2.52. The number of amides is 2.